The number of hydrogen-bond donors (Lipinski definition) is 1. The van der Waals surface area contributed by atoms with Gasteiger partial charge in [-0.2, -0.15) is 4.31 Å². The Balaban J connectivity index is 1.86. The summed E-state index contributed by atoms with van der Waals surface area (Å²) in [7, 11) is -2.10. The fourth-order valence-corrected chi connectivity index (χ4v) is 4.71. The van der Waals surface area contributed by atoms with Gasteiger partial charge in [0.1, 0.15) is 5.75 Å². The zero-order valence-electron chi connectivity index (χ0n) is 16.2. The maximum absolute atomic E-state index is 13.0. The smallest absolute Gasteiger partial charge is 0.255 e. The number of aryl methyl sites for hydroxylation is 2. The Morgan fingerprint density at radius 3 is 2.43 bits per heavy atom. The number of rotatable bonds is 5. The number of benzene rings is 2. The second-order valence-electron chi connectivity index (χ2n) is 6.64. The van der Waals surface area contributed by atoms with Crippen LogP contribution in [0.4, 0.5) is 5.69 Å². The summed E-state index contributed by atoms with van der Waals surface area (Å²) < 4.78 is 37.9. The summed E-state index contributed by atoms with van der Waals surface area (Å²) >= 11 is 0. The number of sulfonamides is 1. The van der Waals surface area contributed by atoms with Crippen molar-refractivity contribution in [2.24, 2.45) is 0 Å². The first-order chi connectivity index (χ1) is 13.3. The number of anilines is 1. The Labute approximate surface area is 165 Å². The van der Waals surface area contributed by atoms with Crippen LogP contribution in [0, 0.1) is 13.8 Å². The van der Waals surface area contributed by atoms with E-state index in [1.807, 2.05) is 6.92 Å². The van der Waals surface area contributed by atoms with Crippen molar-refractivity contribution in [2.45, 2.75) is 18.7 Å². The number of ether oxygens (including phenoxy) is 2. The van der Waals surface area contributed by atoms with Gasteiger partial charge in [0.2, 0.25) is 10.0 Å². The lowest BCUT2D eigenvalue weighted by molar-refractivity contribution is 0.0730. The van der Waals surface area contributed by atoms with Crippen molar-refractivity contribution in [1.29, 1.82) is 0 Å². The Morgan fingerprint density at radius 2 is 1.75 bits per heavy atom. The lowest BCUT2D eigenvalue weighted by Gasteiger charge is -2.26. The Morgan fingerprint density at radius 1 is 1.07 bits per heavy atom. The maximum Gasteiger partial charge on any atom is 0.255 e. The number of morpholine rings is 1. The van der Waals surface area contributed by atoms with Crippen LogP contribution in [0.25, 0.3) is 0 Å². The summed E-state index contributed by atoms with van der Waals surface area (Å²) in [5.41, 5.74) is 2.40. The predicted octanol–water partition coefficient (Wildman–Crippen LogP) is 2.59. The Hall–Kier alpha value is -2.42. The molecule has 1 saturated heterocycles. The van der Waals surface area contributed by atoms with E-state index in [-0.39, 0.29) is 10.8 Å². The third kappa shape index (κ3) is 4.19. The van der Waals surface area contributed by atoms with Crippen molar-refractivity contribution in [1.82, 2.24) is 4.31 Å². The molecule has 1 N–H and O–H groups in total. The van der Waals surface area contributed by atoms with Gasteiger partial charge in [0.05, 0.1) is 25.2 Å². The molecule has 0 aliphatic carbocycles. The molecule has 28 heavy (non-hydrogen) atoms. The zero-order chi connectivity index (χ0) is 20.3. The molecule has 3 rings (SSSR count). The van der Waals surface area contributed by atoms with E-state index in [1.165, 1.54) is 10.4 Å². The van der Waals surface area contributed by atoms with E-state index < -0.39 is 10.0 Å². The fraction of sp³-hybridized carbons (Fsp3) is 0.350. The highest BCUT2D eigenvalue weighted by molar-refractivity contribution is 7.89. The number of methoxy groups -OCH3 is 1. The number of carbonyl (C=O) groups excluding carboxylic acids is 1. The molecule has 8 heteroatoms. The van der Waals surface area contributed by atoms with Gasteiger partial charge < -0.3 is 14.8 Å². The minimum atomic E-state index is -3.65. The van der Waals surface area contributed by atoms with Crippen LogP contribution in [0.2, 0.25) is 0 Å². The molecule has 0 unspecified atom stereocenters. The van der Waals surface area contributed by atoms with Gasteiger partial charge in [-0.15, -0.1) is 0 Å². The fourth-order valence-electron chi connectivity index (χ4n) is 3.05. The van der Waals surface area contributed by atoms with E-state index in [0.717, 1.165) is 5.56 Å². The quantitative estimate of drug-likeness (QED) is 0.828. The number of amides is 1. The third-order valence-corrected chi connectivity index (χ3v) is 6.74. The summed E-state index contributed by atoms with van der Waals surface area (Å²) in [5, 5.41) is 2.77. The first-order valence-electron chi connectivity index (χ1n) is 8.97. The molecule has 7 nitrogen and oxygen atoms in total. The number of nitrogens with one attached hydrogen (secondary N) is 1. The van der Waals surface area contributed by atoms with Gasteiger partial charge in [-0.3, -0.25) is 4.79 Å². The average molecular weight is 404 g/mol. The molecule has 1 amide bonds. The van der Waals surface area contributed by atoms with Gasteiger partial charge in [0.15, 0.2) is 0 Å². The Bertz CT molecular complexity index is 982. The van der Waals surface area contributed by atoms with Crippen molar-refractivity contribution < 1.29 is 22.7 Å². The van der Waals surface area contributed by atoms with Gasteiger partial charge in [0, 0.05) is 24.3 Å². The highest BCUT2D eigenvalue weighted by atomic mass is 32.2. The third-order valence-electron chi connectivity index (χ3n) is 4.70. The number of nitrogens with zero attached hydrogens (tertiary/aromatic N) is 1. The maximum atomic E-state index is 13.0. The standard InChI is InChI=1S/C20H24N2O5S/c1-14-4-6-16(12-18(14)26-3)20(23)21-17-7-5-15(2)19(13-17)28(24,25)22-8-10-27-11-9-22/h4-7,12-13H,8-11H2,1-3H3,(H,21,23). The van der Waals surface area contributed by atoms with Gasteiger partial charge in [-0.1, -0.05) is 12.1 Å². The van der Waals surface area contributed by atoms with Gasteiger partial charge in [-0.25, -0.2) is 8.42 Å². The molecule has 1 aliphatic rings. The summed E-state index contributed by atoms with van der Waals surface area (Å²) in [6, 6.07) is 10.0. The van der Waals surface area contributed by atoms with Crippen LogP contribution in [0.5, 0.6) is 5.75 Å². The van der Waals surface area contributed by atoms with Crippen LogP contribution in [0.1, 0.15) is 21.5 Å². The van der Waals surface area contributed by atoms with E-state index >= 15 is 0 Å². The minimum absolute atomic E-state index is 0.189. The molecule has 0 aromatic heterocycles. The van der Waals surface area contributed by atoms with Crippen molar-refractivity contribution in [3.8, 4) is 5.75 Å². The summed E-state index contributed by atoms with van der Waals surface area (Å²) in [6.45, 7) is 5.03. The predicted molar refractivity (Wildman–Crippen MR) is 106 cm³/mol. The largest absolute Gasteiger partial charge is 0.496 e. The molecule has 2 aromatic rings. The van der Waals surface area contributed by atoms with Crippen LogP contribution >= 0.6 is 0 Å². The van der Waals surface area contributed by atoms with E-state index in [1.54, 1.807) is 44.4 Å². The first-order valence-corrected chi connectivity index (χ1v) is 10.4. The van der Waals surface area contributed by atoms with Gasteiger partial charge in [-0.05, 0) is 49.2 Å². The van der Waals surface area contributed by atoms with E-state index in [2.05, 4.69) is 5.32 Å². The Kier molecular flexibility index (Phi) is 6.02. The summed E-state index contributed by atoms with van der Waals surface area (Å²) in [4.78, 5) is 12.8. The van der Waals surface area contributed by atoms with Crippen molar-refractivity contribution >= 4 is 21.6 Å². The summed E-state index contributed by atoms with van der Waals surface area (Å²) in [5.74, 6) is 0.281. The first kappa shape index (κ1) is 20.3. The average Bonchev–Trinajstić information content (AvgIpc) is 2.70. The SMILES string of the molecule is COc1cc(C(=O)Nc2ccc(C)c(S(=O)(=O)N3CCOCC3)c2)ccc1C. The lowest BCUT2D eigenvalue weighted by Crippen LogP contribution is -2.40. The molecule has 0 bridgehead atoms. The van der Waals surface area contributed by atoms with Crippen molar-refractivity contribution in [2.75, 3.05) is 38.7 Å². The molecule has 150 valence electrons. The van der Waals surface area contributed by atoms with E-state index in [0.29, 0.717) is 48.9 Å². The molecule has 1 fully saturated rings. The molecule has 1 heterocycles. The molecular weight excluding hydrogens is 380 g/mol. The van der Waals surface area contributed by atoms with E-state index in [4.69, 9.17) is 9.47 Å². The van der Waals surface area contributed by atoms with E-state index in [9.17, 15) is 13.2 Å². The number of hydrogen-bond acceptors (Lipinski definition) is 5. The second kappa shape index (κ2) is 8.30. The summed E-state index contributed by atoms with van der Waals surface area (Å²) in [6.07, 6.45) is 0. The minimum Gasteiger partial charge on any atom is -0.496 e. The van der Waals surface area contributed by atoms with Crippen LogP contribution < -0.4 is 10.1 Å². The second-order valence-corrected chi connectivity index (χ2v) is 8.54. The van der Waals surface area contributed by atoms with Crippen LogP contribution in [0.3, 0.4) is 0 Å². The number of carbonyl (C=O) groups is 1. The van der Waals surface area contributed by atoms with Crippen LogP contribution in [0.15, 0.2) is 41.3 Å². The van der Waals surface area contributed by atoms with Crippen LogP contribution in [-0.4, -0.2) is 52.0 Å². The highest BCUT2D eigenvalue weighted by Gasteiger charge is 2.28. The monoisotopic (exact) mass is 404 g/mol. The lowest BCUT2D eigenvalue weighted by atomic mass is 10.1. The normalized spacial score (nSPS) is 15.2. The van der Waals surface area contributed by atoms with Crippen LogP contribution in [-0.2, 0) is 14.8 Å². The molecule has 0 atom stereocenters. The molecule has 0 saturated carbocycles. The van der Waals surface area contributed by atoms with Crippen molar-refractivity contribution in [3.05, 3.63) is 53.1 Å². The molecule has 2 aromatic carbocycles. The van der Waals surface area contributed by atoms with Crippen molar-refractivity contribution in [3.63, 3.8) is 0 Å². The molecule has 1 aliphatic heterocycles. The van der Waals surface area contributed by atoms with Gasteiger partial charge in [0.25, 0.3) is 5.91 Å². The topological polar surface area (TPSA) is 84.9 Å². The molecule has 0 radical (unpaired) electrons. The molecule has 0 spiro atoms. The zero-order valence-corrected chi connectivity index (χ0v) is 17.0. The molecular formula is C20H24N2O5S. The highest BCUT2D eigenvalue weighted by Crippen LogP contribution is 2.25. The van der Waals surface area contributed by atoms with Gasteiger partial charge >= 0.3 is 0 Å².